The number of rotatable bonds is 7. The molecule has 0 unspecified atom stereocenters. The molecule has 4 heteroatoms. The molecule has 2 aromatic carbocycles. The largest absolute Gasteiger partial charge is 0.497 e. The van der Waals surface area contributed by atoms with Gasteiger partial charge in [-0.3, -0.25) is 4.79 Å². The summed E-state index contributed by atoms with van der Waals surface area (Å²) in [5.74, 6) is 1.26. The summed E-state index contributed by atoms with van der Waals surface area (Å²) in [4.78, 5) is 12.4. The molecule has 0 bridgehead atoms. The molecular formula is C20H25NO3. The van der Waals surface area contributed by atoms with Crippen LogP contribution in [0.15, 0.2) is 54.6 Å². The highest BCUT2D eigenvalue weighted by atomic mass is 16.5. The molecule has 1 N–H and O–H groups in total. The van der Waals surface area contributed by atoms with Crippen LogP contribution >= 0.6 is 0 Å². The van der Waals surface area contributed by atoms with Crippen molar-refractivity contribution in [3.63, 3.8) is 0 Å². The lowest BCUT2D eigenvalue weighted by molar-refractivity contribution is -0.128. The van der Waals surface area contributed by atoms with Crippen LogP contribution in [0.2, 0.25) is 0 Å². The Bertz CT molecular complexity index is 650. The van der Waals surface area contributed by atoms with Crippen molar-refractivity contribution in [1.29, 1.82) is 0 Å². The highest BCUT2D eigenvalue weighted by Crippen LogP contribution is 2.19. The van der Waals surface area contributed by atoms with Crippen molar-refractivity contribution in [2.75, 3.05) is 7.11 Å². The highest BCUT2D eigenvalue weighted by Gasteiger charge is 2.24. The van der Waals surface area contributed by atoms with Gasteiger partial charge in [-0.15, -0.1) is 0 Å². The van der Waals surface area contributed by atoms with Crippen molar-refractivity contribution >= 4 is 5.91 Å². The molecule has 0 saturated carbocycles. The minimum absolute atomic E-state index is 0.133. The summed E-state index contributed by atoms with van der Waals surface area (Å²) in [5, 5.41) is 3.06. The second-order valence-electron chi connectivity index (χ2n) is 6.47. The third-order valence-corrected chi connectivity index (χ3v) is 3.69. The predicted molar refractivity (Wildman–Crippen MR) is 95.5 cm³/mol. The van der Waals surface area contributed by atoms with Crippen LogP contribution in [-0.2, 0) is 11.2 Å². The van der Waals surface area contributed by atoms with Crippen molar-refractivity contribution in [2.45, 2.75) is 38.8 Å². The maximum atomic E-state index is 12.4. The van der Waals surface area contributed by atoms with E-state index in [0.717, 1.165) is 12.2 Å². The molecule has 0 radical (unpaired) electrons. The van der Waals surface area contributed by atoms with Crippen LogP contribution in [0, 0.1) is 0 Å². The van der Waals surface area contributed by atoms with Crippen LogP contribution in [0.4, 0.5) is 0 Å². The fraction of sp³-hybridized carbons (Fsp3) is 0.350. The van der Waals surface area contributed by atoms with E-state index < -0.39 is 6.10 Å². The lowest BCUT2D eigenvalue weighted by Crippen LogP contribution is -2.49. The van der Waals surface area contributed by atoms with Crippen LogP contribution < -0.4 is 14.8 Å². The molecule has 4 nitrogen and oxygen atoms in total. The number of ether oxygens (including phenoxy) is 2. The average Bonchev–Trinajstić information content (AvgIpc) is 2.55. The number of carbonyl (C=O) groups excluding carboxylic acids is 1. The molecule has 0 aliphatic rings. The molecule has 0 fully saturated rings. The Morgan fingerprint density at radius 2 is 1.62 bits per heavy atom. The monoisotopic (exact) mass is 327 g/mol. The zero-order chi connectivity index (χ0) is 17.6. The van der Waals surface area contributed by atoms with E-state index >= 15 is 0 Å². The number of hydrogen-bond donors (Lipinski definition) is 1. The van der Waals surface area contributed by atoms with Gasteiger partial charge in [-0.25, -0.2) is 0 Å². The van der Waals surface area contributed by atoms with Gasteiger partial charge in [-0.1, -0.05) is 30.3 Å². The topological polar surface area (TPSA) is 47.6 Å². The van der Waals surface area contributed by atoms with Crippen molar-refractivity contribution in [1.82, 2.24) is 5.32 Å². The second kappa shape index (κ2) is 7.86. The fourth-order valence-electron chi connectivity index (χ4n) is 2.50. The van der Waals surface area contributed by atoms with Gasteiger partial charge in [-0.2, -0.15) is 0 Å². The lowest BCUT2D eigenvalue weighted by Gasteiger charge is -2.28. The van der Waals surface area contributed by atoms with E-state index in [9.17, 15) is 4.79 Å². The van der Waals surface area contributed by atoms with Gasteiger partial charge in [0.25, 0.3) is 5.91 Å². The molecule has 128 valence electrons. The van der Waals surface area contributed by atoms with Crippen LogP contribution in [0.5, 0.6) is 11.5 Å². The lowest BCUT2D eigenvalue weighted by atomic mass is 9.94. The van der Waals surface area contributed by atoms with Crippen LogP contribution in [0.3, 0.4) is 0 Å². The normalized spacial score (nSPS) is 12.3. The first kappa shape index (κ1) is 17.9. The number of methoxy groups -OCH3 is 1. The number of hydrogen-bond acceptors (Lipinski definition) is 3. The van der Waals surface area contributed by atoms with Crippen molar-refractivity contribution in [2.24, 2.45) is 0 Å². The first-order valence-corrected chi connectivity index (χ1v) is 8.06. The van der Waals surface area contributed by atoms with Gasteiger partial charge in [0.15, 0.2) is 6.10 Å². The number of carbonyl (C=O) groups is 1. The fourth-order valence-corrected chi connectivity index (χ4v) is 2.50. The molecule has 24 heavy (non-hydrogen) atoms. The molecule has 0 saturated heterocycles. The summed E-state index contributed by atoms with van der Waals surface area (Å²) < 4.78 is 10.8. The third-order valence-electron chi connectivity index (χ3n) is 3.69. The standard InChI is InChI=1S/C20H25NO3/c1-15(24-18-12-10-17(23-4)11-13-18)19(22)21-20(2,3)14-16-8-6-5-7-9-16/h5-13,15H,14H2,1-4H3,(H,21,22)/t15-/m1/s1. The third kappa shape index (κ3) is 5.30. The molecule has 0 aliphatic heterocycles. The van der Waals surface area contributed by atoms with Gasteiger partial charge < -0.3 is 14.8 Å². The van der Waals surface area contributed by atoms with E-state index in [-0.39, 0.29) is 11.4 Å². The maximum Gasteiger partial charge on any atom is 0.261 e. The second-order valence-corrected chi connectivity index (χ2v) is 6.47. The van der Waals surface area contributed by atoms with Crippen LogP contribution in [0.1, 0.15) is 26.3 Å². The van der Waals surface area contributed by atoms with E-state index in [1.165, 1.54) is 5.56 Å². The Morgan fingerprint density at radius 1 is 1.04 bits per heavy atom. The molecule has 0 aromatic heterocycles. The minimum atomic E-state index is -0.576. The first-order chi connectivity index (χ1) is 11.4. The number of nitrogens with one attached hydrogen (secondary N) is 1. The predicted octanol–water partition coefficient (Wildman–Crippen LogP) is 3.60. The Morgan fingerprint density at radius 3 is 2.21 bits per heavy atom. The molecular weight excluding hydrogens is 302 g/mol. The summed E-state index contributed by atoms with van der Waals surface area (Å²) in [7, 11) is 1.61. The minimum Gasteiger partial charge on any atom is -0.497 e. The van der Waals surface area contributed by atoms with Crippen LogP contribution in [0.25, 0.3) is 0 Å². The zero-order valence-corrected chi connectivity index (χ0v) is 14.7. The molecule has 0 heterocycles. The molecule has 1 amide bonds. The molecule has 2 rings (SSSR count). The Kier molecular flexibility index (Phi) is 5.85. The van der Waals surface area contributed by atoms with Crippen molar-refractivity contribution < 1.29 is 14.3 Å². The van der Waals surface area contributed by atoms with Crippen LogP contribution in [-0.4, -0.2) is 24.7 Å². The van der Waals surface area contributed by atoms with E-state index in [4.69, 9.17) is 9.47 Å². The zero-order valence-electron chi connectivity index (χ0n) is 14.7. The van der Waals surface area contributed by atoms with Gasteiger partial charge in [-0.05, 0) is 57.0 Å². The van der Waals surface area contributed by atoms with Gasteiger partial charge in [0.1, 0.15) is 11.5 Å². The average molecular weight is 327 g/mol. The smallest absolute Gasteiger partial charge is 0.261 e. The van der Waals surface area contributed by atoms with Gasteiger partial charge in [0.2, 0.25) is 0 Å². The van der Waals surface area contributed by atoms with E-state index in [1.807, 2.05) is 32.0 Å². The van der Waals surface area contributed by atoms with Gasteiger partial charge in [0.05, 0.1) is 7.11 Å². The number of benzene rings is 2. The van der Waals surface area contributed by atoms with E-state index in [2.05, 4.69) is 17.4 Å². The maximum absolute atomic E-state index is 12.4. The molecule has 2 aromatic rings. The van der Waals surface area contributed by atoms with Gasteiger partial charge >= 0.3 is 0 Å². The first-order valence-electron chi connectivity index (χ1n) is 8.06. The Labute approximate surface area is 143 Å². The summed E-state index contributed by atoms with van der Waals surface area (Å²) >= 11 is 0. The highest BCUT2D eigenvalue weighted by molar-refractivity contribution is 5.81. The van der Waals surface area contributed by atoms with E-state index in [1.54, 1.807) is 38.3 Å². The SMILES string of the molecule is COc1ccc(O[C@H](C)C(=O)NC(C)(C)Cc2ccccc2)cc1. The summed E-state index contributed by atoms with van der Waals surface area (Å²) in [6, 6.07) is 17.3. The van der Waals surface area contributed by atoms with Crippen molar-refractivity contribution in [3.8, 4) is 11.5 Å². The summed E-state index contributed by atoms with van der Waals surface area (Å²) in [6.07, 6.45) is 0.183. The molecule has 0 spiro atoms. The Balaban J connectivity index is 1.92. The quantitative estimate of drug-likeness (QED) is 0.845. The van der Waals surface area contributed by atoms with E-state index in [0.29, 0.717) is 5.75 Å². The molecule has 1 atom stereocenters. The summed E-state index contributed by atoms with van der Waals surface area (Å²) in [5.41, 5.74) is 0.835. The summed E-state index contributed by atoms with van der Waals surface area (Å²) in [6.45, 7) is 5.77. The van der Waals surface area contributed by atoms with Crippen molar-refractivity contribution in [3.05, 3.63) is 60.2 Å². The molecule has 0 aliphatic carbocycles. The Hall–Kier alpha value is -2.49. The number of amides is 1. The van der Waals surface area contributed by atoms with Gasteiger partial charge in [0, 0.05) is 5.54 Å².